The van der Waals surface area contributed by atoms with E-state index >= 15 is 0 Å². The first-order valence-corrected chi connectivity index (χ1v) is 3.85. The van der Waals surface area contributed by atoms with Crippen molar-refractivity contribution in [1.29, 1.82) is 0 Å². The van der Waals surface area contributed by atoms with Crippen molar-refractivity contribution in [1.82, 2.24) is 0 Å². The molecule has 0 aliphatic carbocycles. The third kappa shape index (κ3) is 1.78. The number of phenolic OH excluding ortho intramolecular Hbond substituents is 1. The molecule has 1 rings (SSSR count). The van der Waals surface area contributed by atoms with Gasteiger partial charge in [0.25, 0.3) is 0 Å². The summed E-state index contributed by atoms with van der Waals surface area (Å²) in [6.07, 6.45) is 0. The number of aliphatic hydroxyl groups excluding tert-OH is 1. The highest BCUT2D eigenvalue weighted by atomic mass is 19.2. The molecule has 0 heterocycles. The highest BCUT2D eigenvalue weighted by Crippen LogP contribution is 2.25. The van der Waals surface area contributed by atoms with Gasteiger partial charge in [0.2, 0.25) is 5.82 Å². The average Bonchev–Trinajstić information content (AvgIpc) is 2.13. The van der Waals surface area contributed by atoms with E-state index in [1.807, 2.05) is 0 Å². The summed E-state index contributed by atoms with van der Waals surface area (Å²) in [5.41, 5.74) is 0.0674. The molecule has 0 aliphatic heterocycles. The molecule has 0 radical (unpaired) electrons. The molecule has 4 heteroatoms. The lowest BCUT2D eigenvalue weighted by molar-refractivity contribution is 0.269. The second kappa shape index (κ2) is 3.70. The number of rotatable bonds is 2. The SMILES string of the molecule is CC(CO)c1ccc(O)c(F)c1F. The number of phenols is 1. The summed E-state index contributed by atoms with van der Waals surface area (Å²) >= 11 is 0. The van der Waals surface area contributed by atoms with Crippen molar-refractivity contribution in [3.63, 3.8) is 0 Å². The van der Waals surface area contributed by atoms with Gasteiger partial charge in [0.1, 0.15) is 0 Å². The largest absolute Gasteiger partial charge is 0.505 e. The Morgan fingerprint density at radius 3 is 2.46 bits per heavy atom. The Hall–Kier alpha value is -1.16. The predicted octanol–water partition coefficient (Wildman–Crippen LogP) is 1.77. The minimum atomic E-state index is -1.27. The van der Waals surface area contributed by atoms with Gasteiger partial charge in [-0.15, -0.1) is 0 Å². The van der Waals surface area contributed by atoms with E-state index in [0.717, 1.165) is 6.07 Å². The molecule has 0 amide bonds. The Kier molecular flexibility index (Phi) is 2.83. The van der Waals surface area contributed by atoms with Crippen molar-refractivity contribution in [2.75, 3.05) is 6.61 Å². The minimum absolute atomic E-state index is 0.0674. The third-order valence-electron chi connectivity index (χ3n) is 1.90. The van der Waals surface area contributed by atoms with Gasteiger partial charge in [-0.05, 0) is 11.6 Å². The van der Waals surface area contributed by atoms with Crippen molar-refractivity contribution in [2.45, 2.75) is 12.8 Å². The van der Waals surface area contributed by atoms with Crippen LogP contribution >= 0.6 is 0 Å². The fraction of sp³-hybridized carbons (Fsp3) is 0.333. The van der Waals surface area contributed by atoms with E-state index in [2.05, 4.69) is 0 Å². The molecule has 1 aromatic carbocycles. The molecule has 0 aliphatic rings. The molecule has 0 spiro atoms. The van der Waals surface area contributed by atoms with Gasteiger partial charge in [0, 0.05) is 12.5 Å². The molecule has 2 nitrogen and oxygen atoms in total. The van der Waals surface area contributed by atoms with Crippen LogP contribution in [0.1, 0.15) is 18.4 Å². The van der Waals surface area contributed by atoms with Crippen LogP contribution in [0.25, 0.3) is 0 Å². The maximum Gasteiger partial charge on any atom is 0.200 e. The summed E-state index contributed by atoms with van der Waals surface area (Å²) < 4.78 is 25.8. The van der Waals surface area contributed by atoms with Crippen LogP contribution in [0.15, 0.2) is 12.1 Å². The fourth-order valence-electron chi connectivity index (χ4n) is 1.03. The van der Waals surface area contributed by atoms with Crippen LogP contribution in [0.5, 0.6) is 5.75 Å². The quantitative estimate of drug-likeness (QED) is 0.742. The molecule has 2 N–H and O–H groups in total. The van der Waals surface area contributed by atoms with Crippen LogP contribution in [0.4, 0.5) is 8.78 Å². The Morgan fingerprint density at radius 2 is 1.92 bits per heavy atom. The zero-order chi connectivity index (χ0) is 10.0. The van der Waals surface area contributed by atoms with Crippen LogP contribution in [0.2, 0.25) is 0 Å². The summed E-state index contributed by atoms with van der Waals surface area (Å²) in [6.45, 7) is 1.30. The van der Waals surface area contributed by atoms with Crippen molar-refractivity contribution >= 4 is 0 Å². The van der Waals surface area contributed by atoms with E-state index in [1.165, 1.54) is 6.07 Å². The minimum Gasteiger partial charge on any atom is -0.505 e. The van der Waals surface area contributed by atoms with Gasteiger partial charge in [-0.2, -0.15) is 4.39 Å². The zero-order valence-electron chi connectivity index (χ0n) is 7.09. The first-order valence-electron chi connectivity index (χ1n) is 3.85. The Morgan fingerprint density at radius 1 is 1.31 bits per heavy atom. The number of aromatic hydroxyl groups is 1. The van der Waals surface area contributed by atoms with Crippen molar-refractivity contribution < 1.29 is 19.0 Å². The first kappa shape index (κ1) is 9.92. The molecule has 0 fully saturated rings. The smallest absolute Gasteiger partial charge is 0.200 e. The number of benzene rings is 1. The van der Waals surface area contributed by atoms with Crippen molar-refractivity contribution in [3.8, 4) is 5.75 Å². The van der Waals surface area contributed by atoms with E-state index in [0.29, 0.717) is 0 Å². The summed E-state index contributed by atoms with van der Waals surface area (Å²) in [5, 5.41) is 17.5. The highest BCUT2D eigenvalue weighted by Gasteiger charge is 2.16. The normalized spacial score (nSPS) is 12.9. The average molecular weight is 188 g/mol. The van der Waals surface area contributed by atoms with Crippen LogP contribution in [0.3, 0.4) is 0 Å². The standard InChI is InChI=1S/C9H10F2O2/c1-5(4-12)6-2-3-7(13)9(11)8(6)10/h2-3,5,12-13H,4H2,1H3. The molecular weight excluding hydrogens is 178 g/mol. The third-order valence-corrected chi connectivity index (χ3v) is 1.90. The fourth-order valence-corrected chi connectivity index (χ4v) is 1.03. The molecule has 0 aromatic heterocycles. The Labute approximate surface area is 74.4 Å². The molecule has 1 atom stereocenters. The lowest BCUT2D eigenvalue weighted by Gasteiger charge is -2.10. The molecule has 0 saturated carbocycles. The Balaban J connectivity index is 3.18. The van der Waals surface area contributed by atoms with E-state index in [-0.39, 0.29) is 12.2 Å². The molecule has 72 valence electrons. The molecule has 0 saturated heterocycles. The summed E-state index contributed by atoms with van der Waals surface area (Å²) in [4.78, 5) is 0. The van der Waals surface area contributed by atoms with Gasteiger partial charge in [0.05, 0.1) is 0 Å². The van der Waals surface area contributed by atoms with E-state index in [4.69, 9.17) is 10.2 Å². The number of aliphatic hydroxyl groups is 1. The van der Waals surface area contributed by atoms with Gasteiger partial charge in [0.15, 0.2) is 11.6 Å². The molecular formula is C9H10F2O2. The van der Waals surface area contributed by atoms with E-state index in [1.54, 1.807) is 6.92 Å². The van der Waals surface area contributed by atoms with Gasteiger partial charge in [-0.3, -0.25) is 0 Å². The number of hydrogen-bond acceptors (Lipinski definition) is 2. The topological polar surface area (TPSA) is 40.5 Å². The summed E-state index contributed by atoms with van der Waals surface area (Å²) in [6, 6.07) is 2.33. The van der Waals surface area contributed by atoms with Gasteiger partial charge in [-0.1, -0.05) is 13.0 Å². The van der Waals surface area contributed by atoms with Crippen LogP contribution in [-0.4, -0.2) is 16.8 Å². The second-order valence-electron chi connectivity index (χ2n) is 2.89. The number of halogens is 2. The lowest BCUT2D eigenvalue weighted by Crippen LogP contribution is -2.03. The molecule has 0 bridgehead atoms. The molecule has 13 heavy (non-hydrogen) atoms. The van der Waals surface area contributed by atoms with Crippen molar-refractivity contribution in [3.05, 3.63) is 29.3 Å². The first-order chi connectivity index (χ1) is 6.07. The van der Waals surface area contributed by atoms with E-state index in [9.17, 15) is 8.78 Å². The van der Waals surface area contributed by atoms with Crippen LogP contribution in [0, 0.1) is 11.6 Å². The zero-order valence-corrected chi connectivity index (χ0v) is 7.09. The highest BCUT2D eigenvalue weighted by molar-refractivity contribution is 5.31. The maximum absolute atomic E-state index is 13.1. The van der Waals surface area contributed by atoms with E-state index < -0.39 is 23.3 Å². The predicted molar refractivity (Wildman–Crippen MR) is 43.5 cm³/mol. The van der Waals surface area contributed by atoms with Crippen LogP contribution < -0.4 is 0 Å². The lowest BCUT2D eigenvalue weighted by atomic mass is 10.0. The van der Waals surface area contributed by atoms with Gasteiger partial charge in [-0.25, -0.2) is 4.39 Å². The maximum atomic E-state index is 13.1. The summed E-state index contributed by atoms with van der Waals surface area (Å²) in [5.74, 6) is -3.55. The monoisotopic (exact) mass is 188 g/mol. The van der Waals surface area contributed by atoms with Crippen molar-refractivity contribution in [2.24, 2.45) is 0 Å². The Bertz CT molecular complexity index is 313. The molecule has 1 aromatic rings. The second-order valence-corrected chi connectivity index (χ2v) is 2.89. The number of hydrogen-bond donors (Lipinski definition) is 2. The van der Waals surface area contributed by atoms with Crippen LogP contribution in [-0.2, 0) is 0 Å². The van der Waals surface area contributed by atoms with Gasteiger partial charge >= 0.3 is 0 Å². The summed E-state index contributed by atoms with van der Waals surface area (Å²) in [7, 11) is 0. The molecule has 1 unspecified atom stereocenters. The van der Waals surface area contributed by atoms with Gasteiger partial charge < -0.3 is 10.2 Å².